The number of hydrogen-bond donors (Lipinski definition) is 0. The number of nitrogens with zero attached hydrogens (tertiary/aromatic N) is 3. The Morgan fingerprint density at radius 2 is 1.27 bits per heavy atom. The van der Waals surface area contributed by atoms with E-state index in [1.54, 1.807) is 0 Å². The predicted molar refractivity (Wildman–Crippen MR) is 82.7 cm³/mol. The first-order valence-corrected chi connectivity index (χ1v) is 9.39. The molecule has 12 heteroatoms. The maximum absolute atomic E-state index is 10.7. The predicted octanol–water partition coefficient (Wildman–Crippen LogP) is 4.93. The summed E-state index contributed by atoms with van der Waals surface area (Å²) >= 11 is 0. The third-order valence-electron chi connectivity index (χ3n) is 1.77. The van der Waals surface area contributed by atoms with Crippen LogP contribution in [0.25, 0.3) is 0 Å². The van der Waals surface area contributed by atoms with Gasteiger partial charge in [-0.15, -0.1) is 4.67 Å². The fraction of sp³-hybridized carbons (Fsp3) is 0.800. The van der Waals surface area contributed by atoms with Gasteiger partial charge in [0.05, 0.1) is 6.61 Å². The Kier molecular flexibility index (Phi) is 8.53. The van der Waals surface area contributed by atoms with Crippen LogP contribution in [-0.4, -0.2) is 62.6 Å². The van der Waals surface area contributed by atoms with Gasteiger partial charge in [-0.1, -0.05) is 12.2 Å². The van der Waals surface area contributed by atoms with Crippen LogP contribution in [0.3, 0.4) is 0 Å². The normalized spacial score (nSPS) is 15.6. The Morgan fingerprint density at radius 3 is 1.50 bits per heavy atom. The molecule has 4 nitrogen and oxygen atoms in total. The molecule has 138 valence electrons. The molecule has 0 spiro atoms. The molecule has 0 atom stereocenters. The van der Waals surface area contributed by atoms with Gasteiger partial charge in [0, 0.05) is 35.2 Å². The summed E-state index contributed by atoms with van der Waals surface area (Å²) in [7, 11) is -0.973. The number of hydrogen-bond acceptors (Lipinski definition) is 4. The topological polar surface area (TPSA) is 19.0 Å². The van der Waals surface area contributed by atoms with Crippen LogP contribution in [0, 0.1) is 0 Å². The summed E-state index contributed by atoms with van der Waals surface area (Å²) in [4.78, 5) is 0. The second kappa shape index (κ2) is 7.73. The molecule has 0 aliphatic carbocycles. The van der Waals surface area contributed by atoms with Crippen LogP contribution in [0.15, 0.2) is 12.2 Å². The molecule has 0 fully saturated rings. The van der Waals surface area contributed by atoms with Crippen molar-refractivity contribution in [3.63, 3.8) is 0 Å². The molecule has 0 unspecified atom stereocenters. The first-order chi connectivity index (χ1) is 9.31. The van der Waals surface area contributed by atoms with Crippen LogP contribution in [-0.2, 0) is 4.74 Å². The molecule has 0 rings (SSSR count). The van der Waals surface area contributed by atoms with Crippen molar-refractivity contribution in [2.45, 2.75) is 6.92 Å². The zero-order valence-corrected chi connectivity index (χ0v) is 15.5. The summed E-state index contributed by atoms with van der Waals surface area (Å²) in [6, 6.07) is 0. The average molecular weight is 379 g/mol. The van der Waals surface area contributed by atoms with Crippen molar-refractivity contribution in [3.8, 4) is 0 Å². The van der Waals surface area contributed by atoms with Gasteiger partial charge in [-0.05, 0) is 6.92 Å². The monoisotopic (exact) mass is 379 g/mol. The molecule has 0 saturated carbocycles. The molecule has 0 aromatic carbocycles. The molecule has 0 bridgehead atoms. The zero-order valence-electron chi connectivity index (χ0n) is 13.6. The van der Waals surface area contributed by atoms with E-state index in [1.165, 1.54) is 0 Å². The van der Waals surface area contributed by atoms with E-state index in [2.05, 4.69) is 55.8 Å². The van der Waals surface area contributed by atoms with Crippen molar-refractivity contribution in [3.05, 3.63) is 12.2 Å². The number of rotatable bonds is 7. The van der Waals surface area contributed by atoms with Gasteiger partial charge in [0.2, 0.25) is 8.37 Å². The van der Waals surface area contributed by atoms with Crippen LogP contribution in [0.2, 0.25) is 0 Å². The van der Waals surface area contributed by atoms with Gasteiger partial charge >= 0.3 is 33.0 Å². The third-order valence-corrected chi connectivity index (χ3v) is 4.19. The van der Waals surface area contributed by atoms with Crippen LogP contribution in [0.1, 0.15) is 6.92 Å². The fourth-order valence-electron chi connectivity index (χ4n) is 1.50. The van der Waals surface area contributed by atoms with E-state index in [4.69, 9.17) is 4.74 Å². The first kappa shape index (κ1) is 24.3. The van der Waals surface area contributed by atoms with Gasteiger partial charge < -0.3 is 4.74 Å². The summed E-state index contributed by atoms with van der Waals surface area (Å²) in [5.74, 6) is 0. The molecule has 0 aliphatic heterocycles. The van der Waals surface area contributed by atoms with Crippen molar-refractivity contribution in [1.29, 1.82) is 0 Å². The van der Waals surface area contributed by atoms with Crippen molar-refractivity contribution < 1.29 is 29.9 Å². The van der Waals surface area contributed by atoms with E-state index in [9.17, 15) is 25.2 Å². The first-order valence-electron chi connectivity index (χ1n) is 6.02. The van der Waals surface area contributed by atoms with E-state index in [1.807, 2.05) is 6.92 Å². The minimum absolute atomic E-state index is 0.639. The molecule has 22 heavy (non-hydrogen) atoms. The van der Waals surface area contributed by atoms with Crippen LogP contribution in [0.5, 0.6) is 0 Å². The molecule has 0 aromatic rings. The average Bonchev–Trinajstić information content (AvgIpc) is 2.09. The molecule has 0 heterocycles. The fourth-order valence-corrected chi connectivity index (χ4v) is 3.87. The van der Waals surface area contributed by atoms with Gasteiger partial charge in [-0.2, -0.15) is 9.34 Å². The van der Waals surface area contributed by atoms with Crippen molar-refractivity contribution in [2.24, 2.45) is 0 Å². The molecule has 0 aliphatic rings. The summed E-state index contributed by atoms with van der Waals surface area (Å²) in [6.45, 7) is 7.08. The van der Waals surface area contributed by atoms with E-state index in [0.717, 1.165) is 5.57 Å². The SMILES string of the molecule is C=C(C)COCN(C)[PH+](N(C)C)N(C)C.F[P-](F)(F)(F)(F)F. The summed E-state index contributed by atoms with van der Waals surface area (Å²) in [5.41, 5.74) is 1.06. The zero-order chi connectivity index (χ0) is 18.4. The molecule has 0 saturated heterocycles. The Bertz CT molecular complexity index is 340. The second-order valence-electron chi connectivity index (χ2n) is 5.18. The molecule has 0 aromatic heterocycles. The summed E-state index contributed by atoms with van der Waals surface area (Å²) in [5, 5.41) is 0. The Labute approximate surface area is 128 Å². The quantitative estimate of drug-likeness (QED) is 0.270. The van der Waals surface area contributed by atoms with Crippen LogP contribution >= 0.6 is 16.2 Å². The maximum atomic E-state index is 9.87. The van der Waals surface area contributed by atoms with Crippen molar-refractivity contribution >= 4 is 16.2 Å². The second-order valence-corrected chi connectivity index (χ2v) is 10.2. The molecule has 0 radical (unpaired) electrons. The number of ether oxygens (including phenoxy) is 1. The van der Waals surface area contributed by atoms with E-state index >= 15 is 0 Å². The van der Waals surface area contributed by atoms with Crippen LogP contribution in [0.4, 0.5) is 25.2 Å². The van der Waals surface area contributed by atoms with Gasteiger partial charge in [-0.25, -0.2) is 0 Å². The number of halogens is 6. The van der Waals surface area contributed by atoms with Crippen molar-refractivity contribution in [1.82, 2.24) is 14.0 Å². The van der Waals surface area contributed by atoms with Crippen LogP contribution < -0.4 is 0 Å². The molecule has 0 N–H and O–H groups in total. The molecule has 0 amide bonds. The van der Waals surface area contributed by atoms with E-state index < -0.39 is 16.2 Å². The molecular weight excluding hydrogens is 354 g/mol. The Morgan fingerprint density at radius 1 is 0.955 bits per heavy atom. The Hall–Kier alpha value is 0.0200. The van der Waals surface area contributed by atoms with Crippen molar-refractivity contribution in [2.75, 3.05) is 48.6 Å². The summed E-state index contributed by atoms with van der Waals surface area (Å²) < 4.78 is 71.5. The summed E-state index contributed by atoms with van der Waals surface area (Å²) in [6.07, 6.45) is 0. The van der Waals surface area contributed by atoms with Gasteiger partial charge in [0.1, 0.15) is 6.73 Å². The van der Waals surface area contributed by atoms with E-state index in [-0.39, 0.29) is 0 Å². The standard InChI is InChI=1S/C10H24N3OP.F6P/c1-10(2)8-14-9-13(7)15(11(3)4)12(5)6;1-7(2,3,4,5)6/h1,8-9H2,2-7H3;/q;-1/p+1. The van der Waals surface area contributed by atoms with Gasteiger partial charge in [0.15, 0.2) is 0 Å². The third kappa shape index (κ3) is 22.3. The van der Waals surface area contributed by atoms with E-state index in [0.29, 0.717) is 13.3 Å². The Balaban J connectivity index is 0. The molecular formula is C10H25F6N3OP2. The van der Waals surface area contributed by atoms with Gasteiger partial charge in [0.25, 0.3) is 0 Å². The minimum atomic E-state index is -10.7. The van der Waals surface area contributed by atoms with Gasteiger partial charge in [-0.3, -0.25) is 0 Å².